The molecule has 0 spiro atoms. The lowest BCUT2D eigenvalue weighted by Crippen LogP contribution is -2.51. The first-order valence-corrected chi connectivity index (χ1v) is 5.39. The molecule has 0 saturated carbocycles. The molecule has 1 heterocycles. The molecule has 2 aromatic rings. The second kappa shape index (κ2) is 4.84. The molecule has 1 unspecified atom stereocenters. The predicted octanol–water partition coefficient (Wildman–Crippen LogP) is 3.74. The lowest BCUT2D eigenvalue weighted by molar-refractivity contribution is -0.756. The third-order valence-corrected chi connectivity index (χ3v) is 2.58. The molecule has 1 atom stereocenters. The number of nitrogens with zero attached hydrogens (tertiary/aromatic N) is 1. The van der Waals surface area contributed by atoms with Crippen LogP contribution in [0, 0.1) is 0 Å². The van der Waals surface area contributed by atoms with Crippen molar-refractivity contribution in [3.63, 3.8) is 0 Å². The zero-order valence-corrected chi connectivity index (χ0v) is 9.74. The maximum atomic E-state index is 13.1. The summed E-state index contributed by atoms with van der Waals surface area (Å²) in [4.78, 5) is 0. The van der Waals surface area contributed by atoms with E-state index >= 15 is 0 Å². The number of benzene rings is 1. The van der Waals surface area contributed by atoms with Crippen LogP contribution in [0.1, 0.15) is 17.5 Å². The molecule has 0 fully saturated rings. The Morgan fingerprint density at radius 1 is 0.950 bits per heavy atom. The van der Waals surface area contributed by atoms with Crippen molar-refractivity contribution in [1.29, 1.82) is 0 Å². The molecule has 2 rings (SSSR count). The summed E-state index contributed by atoms with van der Waals surface area (Å²) in [6, 6.07) is 3.88. The molecule has 108 valence electrons. The fourth-order valence-electron chi connectivity index (χ4n) is 1.85. The Hall–Kier alpha value is -1.99. The van der Waals surface area contributed by atoms with Gasteiger partial charge in [-0.25, -0.2) is 0 Å². The lowest BCUT2D eigenvalue weighted by atomic mass is 10.1. The van der Waals surface area contributed by atoms with Gasteiger partial charge in [-0.2, -0.15) is 26.3 Å². The van der Waals surface area contributed by atoms with Crippen molar-refractivity contribution in [1.82, 2.24) is 0 Å². The Morgan fingerprint density at radius 2 is 1.55 bits per heavy atom. The van der Waals surface area contributed by atoms with E-state index in [9.17, 15) is 26.3 Å². The van der Waals surface area contributed by atoms with Gasteiger partial charge >= 0.3 is 18.2 Å². The normalized spacial score (nSPS) is 14.3. The minimum atomic E-state index is -5.01. The van der Waals surface area contributed by atoms with Crippen molar-refractivity contribution >= 4 is 0 Å². The number of alkyl halides is 6. The minimum absolute atomic E-state index is 0.0370. The molecule has 0 N–H and O–H groups in total. The van der Waals surface area contributed by atoms with Crippen LogP contribution in [0.4, 0.5) is 26.3 Å². The Kier molecular flexibility index (Phi) is 3.49. The first-order chi connectivity index (χ1) is 9.21. The van der Waals surface area contributed by atoms with Gasteiger partial charge in [-0.1, -0.05) is 30.3 Å². The van der Waals surface area contributed by atoms with Crippen LogP contribution in [0.25, 0.3) is 0 Å². The molecular formula is C12H8F6NO+. The van der Waals surface area contributed by atoms with Crippen molar-refractivity contribution in [3.05, 3.63) is 54.2 Å². The molecule has 20 heavy (non-hydrogen) atoms. The minimum Gasteiger partial charge on any atom is -0.403 e. The average molecular weight is 296 g/mol. The van der Waals surface area contributed by atoms with Crippen molar-refractivity contribution in [2.45, 2.75) is 18.4 Å². The maximum Gasteiger partial charge on any atom is 0.517 e. The summed E-state index contributed by atoms with van der Waals surface area (Å²) in [7, 11) is 0. The van der Waals surface area contributed by atoms with Gasteiger partial charge in [-0.15, -0.1) is 4.57 Å². The van der Waals surface area contributed by atoms with Gasteiger partial charge in [0, 0.05) is 5.56 Å². The smallest absolute Gasteiger partial charge is 0.403 e. The van der Waals surface area contributed by atoms with Crippen LogP contribution >= 0.6 is 0 Å². The highest BCUT2D eigenvalue weighted by atomic mass is 19.4. The summed E-state index contributed by atoms with van der Waals surface area (Å²) in [5.74, 6) is -1.70. The van der Waals surface area contributed by atoms with Gasteiger partial charge in [0.15, 0.2) is 6.26 Å². The number of hydrogen-bond acceptors (Lipinski definition) is 1. The van der Waals surface area contributed by atoms with Crippen LogP contribution in [0.3, 0.4) is 0 Å². The number of oxazole rings is 1. The molecule has 0 aliphatic rings. The van der Waals surface area contributed by atoms with E-state index in [1.54, 1.807) is 0 Å². The van der Waals surface area contributed by atoms with Crippen LogP contribution in [0.2, 0.25) is 0 Å². The summed E-state index contributed by atoms with van der Waals surface area (Å²) in [6.45, 7) is 0. The first-order valence-electron chi connectivity index (χ1n) is 5.39. The van der Waals surface area contributed by atoms with Crippen molar-refractivity contribution in [3.8, 4) is 0 Å². The van der Waals surface area contributed by atoms with Gasteiger partial charge in [0.05, 0.1) is 0 Å². The molecule has 2 nitrogen and oxygen atoms in total. The monoisotopic (exact) mass is 296 g/mol. The molecule has 0 amide bonds. The number of aromatic nitrogens is 1. The first kappa shape index (κ1) is 14.4. The fourth-order valence-corrected chi connectivity index (χ4v) is 1.85. The molecule has 0 saturated heterocycles. The second-order valence-electron chi connectivity index (χ2n) is 3.97. The standard InChI is InChI=1S/C12H8F6NO/c13-11(14,15)9(8-4-2-1-3-5-8)19-6-7-20-10(19)12(16,17)18/h1-7,9H/q+1. The van der Waals surface area contributed by atoms with E-state index < -0.39 is 24.3 Å². The van der Waals surface area contributed by atoms with Gasteiger partial charge in [-0.05, 0) is 0 Å². The van der Waals surface area contributed by atoms with Crippen LogP contribution in [-0.2, 0) is 6.18 Å². The van der Waals surface area contributed by atoms with Gasteiger partial charge < -0.3 is 4.42 Å². The molecular weight excluding hydrogens is 288 g/mol. The van der Waals surface area contributed by atoms with Crippen LogP contribution < -0.4 is 4.57 Å². The third kappa shape index (κ3) is 2.78. The molecule has 0 radical (unpaired) electrons. The molecule has 0 aliphatic carbocycles. The van der Waals surface area contributed by atoms with Crippen molar-refractivity contribution < 1.29 is 35.3 Å². The van der Waals surface area contributed by atoms with Gasteiger partial charge in [0.25, 0.3) is 6.04 Å². The molecule has 1 aromatic heterocycles. The summed E-state index contributed by atoms with van der Waals surface area (Å²) in [5, 5.41) is 0. The summed E-state index contributed by atoms with van der Waals surface area (Å²) in [5.41, 5.74) is -0.308. The predicted molar refractivity (Wildman–Crippen MR) is 54.5 cm³/mol. The highest BCUT2D eigenvalue weighted by Gasteiger charge is 2.55. The van der Waals surface area contributed by atoms with Crippen LogP contribution in [0.5, 0.6) is 0 Å². The molecule has 1 aromatic carbocycles. The van der Waals surface area contributed by atoms with Crippen LogP contribution in [-0.4, -0.2) is 6.18 Å². The van der Waals surface area contributed by atoms with E-state index in [2.05, 4.69) is 4.42 Å². The number of hydrogen-bond donors (Lipinski definition) is 0. The molecule has 0 aliphatic heterocycles. The van der Waals surface area contributed by atoms with Crippen molar-refractivity contribution in [2.75, 3.05) is 0 Å². The molecule has 0 bridgehead atoms. The zero-order valence-electron chi connectivity index (χ0n) is 9.74. The third-order valence-electron chi connectivity index (χ3n) is 2.58. The lowest BCUT2D eigenvalue weighted by Gasteiger charge is -2.15. The largest absolute Gasteiger partial charge is 0.517 e. The fraction of sp³-hybridized carbons (Fsp3) is 0.250. The summed E-state index contributed by atoms with van der Waals surface area (Å²) in [6.07, 6.45) is -8.71. The van der Waals surface area contributed by atoms with E-state index in [-0.39, 0.29) is 10.1 Å². The van der Waals surface area contributed by atoms with Gasteiger partial charge in [0.2, 0.25) is 6.20 Å². The molecule has 8 heteroatoms. The SMILES string of the molecule is FC(F)(F)c1occ[n+]1C(c1ccccc1)C(F)(F)F. The van der Waals surface area contributed by atoms with E-state index in [1.165, 1.54) is 18.2 Å². The Morgan fingerprint density at radius 3 is 2.05 bits per heavy atom. The Bertz CT molecular complexity index is 572. The van der Waals surface area contributed by atoms with Gasteiger partial charge in [0.1, 0.15) is 0 Å². The number of halogens is 6. The second-order valence-corrected chi connectivity index (χ2v) is 3.97. The Balaban J connectivity index is 2.58. The van der Waals surface area contributed by atoms with E-state index in [0.29, 0.717) is 12.5 Å². The zero-order chi connectivity index (χ0) is 15.0. The maximum absolute atomic E-state index is 13.1. The highest BCUT2D eigenvalue weighted by Crippen LogP contribution is 2.35. The van der Waals surface area contributed by atoms with Crippen LogP contribution in [0.15, 0.2) is 47.2 Å². The van der Waals surface area contributed by atoms with E-state index in [0.717, 1.165) is 12.1 Å². The summed E-state index contributed by atoms with van der Waals surface area (Å²) < 4.78 is 81.5. The van der Waals surface area contributed by atoms with Gasteiger partial charge in [-0.3, -0.25) is 0 Å². The number of rotatable bonds is 2. The quantitative estimate of drug-likeness (QED) is 0.609. The topological polar surface area (TPSA) is 17.0 Å². The van der Waals surface area contributed by atoms with Crippen molar-refractivity contribution in [2.24, 2.45) is 0 Å². The summed E-state index contributed by atoms with van der Waals surface area (Å²) >= 11 is 0. The average Bonchev–Trinajstić information content (AvgIpc) is 2.77. The Labute approximate surface area is 109 Å². The van der Waals surface area contributed by atoms with E-state index in [1.807, 2.05) is 0 Å². The van der Waals surface area contributed by atoms with E-state index in [4.69, 9.17) is 0 Å². The highest BCUT2D eigenvalue weighted by molar-refractivity contribution is 5.18.